The average molecular weight is 308 g/mol. The van der Waals surface area contributed by atoms with Crippen LogP contribution in [0, 0.1) is 0 Å². The topological polar surface area (TPSA) is 73.0 Å². The van der Waals surface area contributed by atoms with Gasteiger partial charge in [-0.3, -0.25) is 19.4 Å². The Kier molecular flexibility index (Phi) is 4.33. The zero-order chi connectivity index (χ0) is 15.7. The Labute approximate surface area is 130 Å². The molecule has 0 unspecified atom stereocenters. The van der Waals surface area contributed by atoms with Gasteiger partial charge in [0.15, 0.2) is 0 Å². The van der Waals surface area contributed by atoms with Gasteiger partial charge in [0, 0.05) is 38.6 Å². The highest BCUT2D eigenvalue weighted by Crippen LogP contribution is 2.30. The first kappa shape index (κ1) is 15.3. The van der Waals surface area contributed by atoms with E-state index >= 15 is 0 Å². The lowest BCUT2D eigenvalue weighted by atomic mass is 10.0. The third-order valence-electron chi connectivity index (χ3n) is 5.06. The van der Waals surface area contributed by atoms with Crippen molar-refractivity contribution < 1.29 is 14.4 Å². The van der Waals surface area contributed by atoms with Crippen LogP contribution in [0.25, 0.3) is 0 Å². The van der Waals surface area contributed by atoms with Crippen LogP contribution < -0.4 is 5.32 Å². The molecule has 0 aliphatic carbocycles. The highest BCUT2D eigenvalue weighted by atomic mass is 16.2. The molecule has 2 atom stereocenters. The summed E-state index contributed by atoms with van der Waals surface area (Å²) in [6.45, 7) is 4.59. The number of nitrogens with one attached hydrogen (secondary N) is 1. The van der Waals surface area contributed by atoms with Crippen molar-refractivity contribution in [2.75, 3.05) is 32.7 Å². The summed E-state index contributed by atoms with van der Waals surface area (Å²) in [5.41, 5.74) is 0. The lowest BCUT2D eigenvalue weighted by Gasteiger charge is -2.34. The number of hydrogen-bond acceptors (Lipinski definition) is 4. The Morgan fingerprint density at radius 3 is 2.55 bits per heavy atom. The molecule has 0 aromatic carbocycles. The van der Waals surface area contributed by atoms with Gasteiger partial charge in [0.1, 0.15) is 0 Å². The van der Waals surface area contributed by atoms with E-state index in [1.165, 1.54) is 4.90 Å². The zero-order valence-electron chi connectivity index (χ0n) is 13.1. The standard InChI is InChI=1S/C15H24N4O3/c1-11(20)18-8-3-5-13(18)12-4-2-7-17(12)10-14(21)19-9-6-16-15(19)22/h12-13H,2-10H2,1H3,(H,16,22)/t12-,13+/m1/s1. The molecule has 0 radical (unpaired) electrons. The fourth-order valence-electron chi connectivity index (χ4n) is 4.04. The molecule has 0 spiro atoms. The van der Waals surface area contributed by atoms with E-state index in [2.05, 4.69) is 10.2 Å². The number of rotatable bonds is 3. The second kappa shape index (κ2) is 6.24. The van der Waals surface area contributed by atoms with Gasteiger partial charge in [-0.15, -0.1) is 0 Å². The first-order chi connectivity index (χ1) is 10.6. The van der Waals surface area contributed by atoms with Crippen molar-refractivity contribution in [3.8, 4) is 0 Å². The Morgan fingerprint density at radius 1 is 1.14 bits per heavy atom. The summed E-state index contributed by atoms with van der Waals surface area (Å²) in [6, 6.07) is 0.188. The van der Waals surface area contributed by atoms with Crippen LogP contribution in [0.4, 0.5) is 4.79 Å². The van der Waals surface area contributed by atoms with Gasteiger partial charge in [-0.05, 0) is 32.2 Å². The lowest BCUT2D eigenvalue weighted by molar-refractivity contribution is -0.131. The summed E-state index contributed by atoms with van der Waals surface area (Å²) in [5.74, 6) is -0.00568. The first-order valence-corrected chi connectivity index (χ1v) is 8.17. The summed E-state index contributed by atoms with van der Waals surface area (Å²) < 4.78 is 0. The predicted octanol–water partition coefficient (Wildman–Crippen LogP) is 0.0135. The summed E-state index contributed by atoms with van der Waals surface area (Å²) in [5, 5.41) is 2.66. The molecule has 3 aliphatic heterocycles. The Bertz CT molecular complexity index is 481. The van der Waals surface area contributed by atoms with Gasteiger partial charge in [-0.1, -0.05) is 0 Å². The Hall–Kier alpha value is -1.63. The SMILES string of the molecule is CC(=O)N1CCC[C@H]1[C@H]1CCCN1CC(=O)N1CCNC1=O. The fourth-order valence-corrected chi connectivity index (χ4v) is 4.04. The van der Waals surface area contributed by atoms with Crippen molar-refractivity contribution in [1.29, 1.82) is 0 Å². The summed E-state index contributed by atoms with van der Waals surface area (Å²) in [4.78, 5) is 41.1. The summed E-state index contributed by atoms with van der Waals surface area (Å²) >= 11 is 0. The third-order valence-corrected chi connectivity index (χ3v) is 5.06. The van der Waals surface area contributed by atoms with Gasteiger partial charge in [0.25, 0.3) is 0 Å². The van der Waals surface area contributed by atoms with E-state index in [1.54, 1.807) is 6.92 Å². The van der Waals surface area contributed by atoms with E-state index < -0.39 is 0 Å². The third kappa shape index (κ3) is 2.82. The van der Waals surface area contributed by atoms with Crippen LogP contribution in [0.1, 0.15) is 32.6 Å². The molecule has 0 aromatic rings. The molecule has 122 valence electrons. The fraction of sp³-hybridized carbons (Fsp3) is 0.800. The van der Waals surface area contributed by atoms with Crippen molar-refractivity contribution in [3.63, 3.8) is 0 Å². The molecule has 1 N–H and O–H groups in total. The quantitative estimate of drug-likeness (QED) is 0.797. The first-order valence-electron chi connectivity index (χ1n) is 8.17. The maximum atomic E-state index is 12.3. The van der Waals surface area contributed by atoms with E-state index in [1.807, 2.05) is 4.90 Å². The van der Waals surface area contributed by atoms with E-state index in [-0.39, 0.29) is 36.5 Å². The monoisotopic (exact) mass is 308 g/mol. The van der Waals surface area contributed by atoms with Gasteiger partial charge in [0.2, 0.25) is 11.8 Å². The van der Waals surface area contributed by atoms with Gasteiger partial charge in [0.05, 0.1) is 6.54 Å². The smallest absolute Gasteiger partial charge is 0.324 e. The molecule has 3 saturated heterocycles. The number of urea groups is 1. The normalized spacial score (nSPS) is 29.2. The van der Waals surface area contributed by atoms with Crippen LogP contribution in [0.3, 0.4) is 0 Å². The molecule has 22 heavy (non-hydrogen) atoms. The number of nitrogens with zero attached hydrogens (tertiary/aromatic N) is 3. The molecule has 3 fully saturated rings. The zero-order valence-corrected chi connectivity index (χ0v) is 13.1. The minimum atomic E-state index is -0.285. The number of imide groups is 1. The van der Waals surface area contributed by atoms with Crippen molar-refractivity contribution in [1.82, 2.24) is 20.0 Å². The number of hydrogen-bond donors (Lipinski definition) is 1. The van der Waals surface area contributed by atoms with Gasteiger partial charge in [-0.2, -0.15) is 0 Å². The van der Waals surface area contributed by atoms with Gasteiger partial charge in [-0.25, -0.2) is 4.79 Å². The molecule has 0 bridgehead atoms. The molecular weight excluding hydrogens is 284 g/mol. The number of amides is 4. The number of likely N-dealkylation sites (tertiary alicyclic amines) is 2. The van der Waals surface area contributed by atoms with Crippen molar-refractivity contribution in [3.05, 3.63) is 0 Å². The molecule has 3 aliphatic rings. The minimum Gasteiger partial charge on any atom is -0.338 e. The number of carbonyl (C=O) groups excluding carboxylic acids is 3. The number of carbonyl (C=O) groups is 3. The molecule has 3 rings (SSSR count). The summed E-state index contributed by atoms with van der Waals surface area (Å²) in [7, 11) is 0. The second-order valence-electron chi connectivity index (χ2n) is 6.38. The van der Waals surface area contributed by atoms with E-state index in [9.17, 15) is 14.4 Å². The molecule has 7 heteroatoms. The van der Waals surface area contributed by atoms with Crippen LogP contribution in [-0.2, 0) is 9.59 Å². The summed E-state index contributed by atoms with van der Waals surface area (Å²) in [6.07, 6.45) is 4.12. The average Bonchev–Trinajstić information content (AvgIpc) is 3.16. The second-order valence-corrected chi connectivity index (χ2v) is 6.38. The van der Waals surface area contributed by atoms with Crippen LogP contribution in [0.5, 0.6) is 0 Å². The van der Waals surface area contributed by atoms with E-state index in [4.69, 9.17) is 0 Å². The highest BCUT2D eigenvalue weighted by Gasteiger charge is 2.40. The lowest BCUT2D eigenvalue weighted by Crippen LogP contribution is -2.50. The maximum Gasteiger partial charge on any atom is 0.324 e. The Morgan fingerprint density at radius 2 is 1.86 bits per heavy atom. The van der Waals surface area contributed by atoms with Crippen molar-refractivity contribution >= 4 is 17.8 Å². The largest absolute Gasteiger partial charge is 0.338 e. The van der Waals surface area contributed by atoms with E-state index in [0.717, 1.165) is 38.8 Å². The molecule has 4 amide bonds. The van der Waals surface area contributed by atoms with Gasteiger partial charge < -0.3 is 10.2 Å². The molecular formula is C15H24N4O3. The van der Waals surface area contributed by atoms with Crippen LogP contribution in [0.2, 0.25) is 0 Å². The maximum absolute atomic E-state index is 12.3. The molecule has 3 heterocycles. The Balaban J connectivity index is 1.64. The molecule has 0 aromatic heterocycles. The van der Waals surface area contributed by atoms with Crippen LogP contribution in [0.15, 0.2) is 0 Å². The van der Waals surface area contributed by atoms with Gasteiger partial charge >= 0.3 is 6.03 Å². The predicted molar refractivity (Wildman–Crippen MR) is 80.1 cm³/mol. The van der Waals surface area contributed by atoms with Crippen LogP contribution >= 0.6 is 0 Å². The van der Waals surface area contributed by atoms with Crippen LogP contribution in [-0.4, -0.2) is 77.4 Å². The minimum absolute atomic E-state index is 0.125. The highest BCUT2D eigenvalue weighted by molar-refractivity contribution is 5.96. The van der Waals surface area contributed by atoms with E-state index in [0.29, 0.717) is 13.1 Å². The molecule has 0 saturated carbocycles. The van der Waals surface area contributed by atoms with Crippen molar-refractivity contribution in [2.45, 2.75) is 44.7 Å². The van der Waals surface area contributed by atoms with Crippen molar-refractivity contribution in [2.24, 2.45) is 0 Å². The molecule has 7 nitrogen and oxygen atoms in total.